The fraction of sp³-hybridized carbons (Fsp3) is 0.143. The molecular weight excluding hydrogens is 244 g/mol. The predicted molar refractivity (Wildman–Crippen MR) is 70.3 cm³/mol. The molecule has 0 aliphatic heterocycles. The SMILES string of the molecule is Cn1c(=O)n(C)c2cc(C(=O)c3ccco3)ccc21. The van der Waals surface area contributed by atoms with E-state index in [1.807, 2.05) is 0 Å². The Labute approximate surface area is 108 Å². The Morgan fingerprint density at radius 1 is 1.11 bits per heavy atom. The molecule has 0 saturated heterocycles. The van der Waals surface area contributed by atoms with Crippen LogP contribution in [-0.4, -0.2) is 14.9 Å². The van der Waals surface area contributed by atoms with E-state index in [9.17, 15) is 9.59 Å². The first-order valence-electron chi connectivity index (χ1n) is 5.83. The maximum Gasteiger partial charge on any atom is 0.328 e. The second-order valence-corrected chi connectivity index (χ2v) is 4.41. The molecule has 0 atom stereocenters. The fourth-order valence-corrected chi connectivity index (χ4v) is 2.20. The van der Waals surface area contributed by atoms with Gasteiger partial charge in [-0.1, -0.05) is 0 Å². The van der Waals surface area contributed by atoms with Crippen molar-refractivity contribution < 1.29 is 9.21 Å². The molecule has 0 fully saturated rings. The molecule has 2 heterocycles. The Morgan fingerprint density at radius 3 is 2.53 bits per heavy atom. The lowest BCUT2D eigenvalue weighted by atomic mass is 10.1. The molecule has 3 rings (SSSR count). The Morgan fingerprint density at radius 2 is 1.84 bits per heavy atom. The van der Waals surface area contributed by atoms with Crippen LogP contribution in [0.4, 0.5) is 0 Å². The number of nitrogens with zero attached hydrogens (tertiary/aromatic N) is 2. The number of carbonyl (C=O) groups excluding carboxylic acids is 1. The minimum absolute atomic E-state index is 0.113. The molecule has 0 aliphatic rings. The number of imidazole rings is 1. The molecule has 2 aromatic heterocycles. The number of fused-ring (bicyclic) bond motifs is 1. The van der Waals surface area contributed by atoms with Crippen LogP contribution in [0.1, 0.15) is 16.1 Å². The third-order valence-electron chi connectivity index (χ3n) is 3.28. The van der Waals surface area contributed by atoms with Crippen LogP contribution in [-0.2, 0) is 14.1 Å². The normalized spacial score (nSPS) is 11.1. The van der Waals surface area contributed by atoms with Gasteiger partial charge in [-0.3, -0.25) is 13.9 Å². The third kappa shape index (κ3) is 1.62. The summed E-state index contributed by atoms with van der Waals surface area (Å²) < 4.78 is 8.17. The Hall–Kier alpha value is -2.56. The van der Waals surface area contributed by atoms with Crippen LogP contribution in [0.5, 0.6) is 0 Å². The molecule has 1 aromatic carbocycles. The molecule has 0 saturated carbocycles. The minimum Gasteiger partial charge on any atom is -0.461 e. The zero-order chi connectivity index (χ0) is 13.6. The van der Waals surface area contributed by atoms with E-state index >= 15 is 0 Å². The summed E-state index contributed by atoms with van der Waals surface area (Å²) in [6, 6.07) is 8.47. The van der Waals surface area contributed by atoms with Crippen molar-refractivity contribution in [2.75, 3.05) is 0 Å². The molecule has 0 unspecified atom stereocenters. The minimum atomic E-state index is -0.191. The van der Waals surface area contributed by atoms with Crippen LogP contribution in [0.15, 0.2) is 45.8 Å². The van der Waals surface area contributed by atoms with Crippen LogP contribution >= 0.6 is 0 Å². The second-order valence-electron chi connectivity index (χ2n) is 4.41. The van der Waals surface area contributed by atoms with Crippen LogP contribution in [0.25, 0.3) is 11.0 Å². The van der Waals surface area contributed by atoms with Gasteiger partial charge in [-0.15, -0.1) is 0 Å². The van der Waals surface area contributed by atoms with Crippen molar-refractivity contribution in [1.29, 1.82) is 0 Å². The molecule has 5 nitrogen and oxygen atoms in total. The Bertz CT molecular complexity index is 822. The van der Waals surface area contributed by atoms with Gasteiger partial charge in [-0.25, -0.2) is 4.79 Å². The van der Waals surface area contributed by atoms with E-state index < -0.39 is 0 Å². The summed E-state index contributed by atoms with van der Waals surface area (Å²) in [6.07, 6.45) is 1.46. The summed E-state index contributed by atoms with van der Waals surface area (Å²) in [7, 11) is 3.39. The first-order chi connectivity index (χ1) is 9.09. The standard InChI is InChI=1S/C14H12N2O3/c1-15-10-6-5-9(8-11(10)16(2)14(15)18)13(17)12-4-3-7-19-12/h3-8H,1-2H3. The Balaban J connectivity index is 2.20. The molecule has 96 valence electrons. The summed E-state index contributed by atoms with van der Waals surface area (Å²) in [4.78, 5) is 24.0. The van der Waals surface area contributed by atoms with Gasteiger partial charge < -0.3 is 4.42 Å². The summed E-state index contributed by atoms with van der Waals surface area (Å²) in [6.45, 7) is 0. The van der Waals surface area contributed by atoms with Gasteiger partial charge in [-0.2, -0.15) is 0 Å². The Kier molecular flexibility index (Phi) is 2.41. The van der Waals surface area contributed by atoms with E-state index in [4.69, 9.17) is 4.42 Å². The molecule has 0 bridgehead atoms. The van der Waals surface area contributed by atoms with Crippen molar-refractivity contribution >= 4 is 16.8 Å². The number of rotatable bonds is 2. The predicted octanol–water partition coefficient (Wildman–Crippen LogP) is 1.70. The first kappa shape index (κ1) is 11.5. The van der Waals surface area contributed by atoms with Crippen LogP contribution in [0.2, 0.25) is 0 Å². The van der Waals surface area contributed by atoms with Gasteiger partial charge in [-0.05, 0) is 30.3 Å². The van der Waals surface area contributed by atoms with Crippen molar-refractivity contribution in [1.82, 2.24) is 9.13 Å². The van der Waals surface area contributed by atoms with Gasteiger partial charge in [0.25, 0.3) is 0 Å². The van der Waals surface area contributed by atoms with Crippen molar-refractivity contribution in [3.05, 3.63) is 58.4 Å². The topological polar surface area (TPSA) is 57.1 Å². The lowest BCUT2D eigenvalue weighted by Gasteiger charge is -2.00. The van der Waals surface area contributed by atoms with Crippen molar-refractivity contribution in [2.24, 2.45) is 14.1 Å². The molecule has 0 N–H and O–H groups in total. The highest BCUT2D eigenvalue weighted by Gasteiger charge is 2.15. The van der Waals surface area contributed by atoms with Crippen molar-refractivity contribution in [2.45, 2.75) is 0 Å². The zero-order valence-electron chi connectivity index (χ0n) is 10.6. The van der Waals surface area contributed by atoms with Crippen LogP contribution in [0, 0.1) is 0 Å². The summed E-state index contributed by atoms with van der Waals surface area (Å²) in [5.41, 5.74) is 1.91. The molecule has 5 heteroatoms. The number of aryl methyl sites for hydroxylation is 2. The highest BCUT2D eigenvalue weighted by Crippen LogP contribution is 2.17. The summed E-state index contributed by atoms with van der Waals surface area (Å²) in [5.74, 6) is 0.100. The monoisotopic (exact) mass is 256 g/mol. The zero-order valence-corrected chi connectivity index (χ0v) is 10.6. The van der Waals surface area contributed by atoms with Gasteiger partial charge in [0.15, 0.2) is 5.76 Å². The van der Waals surface area contributed by atoms with E-state index in [0.29, 0.717) is 11.3 Å². The average Bonchev–Trinajstić information content (AvgIpc) is 3.03. The number of furan rings is 1. The summed E-state index contributed by atoms with van der Waals surface area (Å²) >= 11 is 0. The molecule has 0 spiro atoms. The number of ketones is 1. The van der Waals surface area contributed by atoms with Gasteiger partial charge >= 0.3 is 5.69 Å². The largest absolute Gasteiger partial charge is 0.461 e. The highest BCUT2D eigenvalue weighted by atomic mass is 16.3. The maximum absolute atomic E-state index is 12.2. The molecule has 0 amide bonds. The van der Waals surface area contributed by atoms with Gasteiger partial charge in [0.05, 0.1) is 17.3 Å². The highest BCUT2D eigenvalue weighted by molar-refractivity contribution is 6.08. The fourth-order valence-electron chi connectivity index (χ4n) is 2.20. The number of benzene rings is 1. The second kappa shape index (κ2) is 3.98. The number of hydrogen-bond acceptors (Lipinski definition) is 3. The maximum atomic E-state index is 12.2. The van der Waals surface area contributed by atoms with Gasteiger partial charge in [0.1, 0.15) is 0 Å². The molecule has 19 heavy (non-hydrogen) atoms. The lowest BCUT2D eigenvalue weighted by Crippen LogP contribution is -2.19. The van der Waals surface area contributed by atoms with Crippen molar-refractivity contribution in [3.63, 3.8) is 0 Å². The van der Waals surface area contributed by atoms with Gasteiger partial charge in [0.2, 0.25) is 5.78 Å². The summed E-state index contributed by atoms with van der Waals surface area (Å²) in [5, 5.41) is 0. The van der Waals surface area contributed by atoms with Crippen LogP contribution in [0.3, 0.4) is 0 Å². The average molecular weight is 256 g/mol. The lowest BCUT2D eigenvalue weighted by molar-refractivity contribution is 0.101. The van der Waals surface area contributed by atoms with E-state index in [0.717, 1.165) is 11.0 Å². The van der Waals surface area contributed by atoms with Gasteiger partial charge in [0, 0.05) is 19.7 Å². The van der Waals surface area contributed by atoms with E-state index in [2.05, 4.69) is 0 Å². The molecule has 0 radical (unpaired) electrons. The third-order valence-corrected chi connectivity index (χ3v) is 3.28. The van der Waals surface area contributed by atoms with E-state index in [-0.39, 0.29) is 11.5 Å². The van der Waals surface area contributed by atoms with Crippen LogP contribution < -0.4 is 5.69 Å². The van der Waals surface area contributed by atoms with E-state index in [1.54, 1.807) is 49.0 Å². The smallest absolute Gasteiger partial charge is 0.328 e. The number of aromatic nitrogens is 2. The quantitative estimate of drug-likeness (QED) is 0.656. The number of carbonyl (C=O) groups is 1. The molecule has 0 aliphatic carbocycles. The number of hydrogen-bond donors (Lipinski definition) is 0. The molecular formula is C14H12N2O3. The van der Waals surface area contributed by atoms with E-state index in [1.165, 1.54) is 10.8 Å². The van der Waals surface area contributed by atoms with Crippen molar-refractivity contribution in [3.8, 4) is 0 Å². The first-order valence-corrected chi connectivity index (χ1v) is 5.83. The molecule has 3 aromatic rings.